The summed E-state index contributed by atoms with van der Waals surface area (Å²) in [6.07, 6.45) is 3.29. The Bertz CT molecular complexity index is 2480. The van der Waals surface area contributed by atoms with Crippen LogP contribution in [-0.2, 0) is 37.4 Å². The number of aliphatic carboxylic acids is 1. The molecule has 358 valence electrons. The number of esters is 1. The number of aromatic nitrogens is 1. The number of carbonyl (C=O) groups is 4. The van der Waals surface area contributed by atoms with Crippen molar-refractivity contribution in [1.82, 2.24) is 20.1 Å². The number of fused-ring (bicyclic) bond motifs is 2. The highest BCUT2D eigenvalue weighted by Crippen LogP contribution is 2.58. The van der Waals surface area contributed by atoms with Crippen molar-refractivity contribution in [2.45, 2.75) is 95.4 Å². The van der Waals surface area contributed by atoms with Crippen LogP contribution in [0.25, 0.3) is 5.57 Å². The number of para-hydroxylation sites is 2. The van der Waals surface area contributed by atoms with Gasteiger partial charge in [-0.2, -0.15) is 4.57 Å². The number of nitrogens with zero attached hydrogens (tertiary/aromatic N) is 3. The summed E-state index contributed by atoms with van der Waals surface area (Å²) in [6.45, 7) is 19.8. The van der Waals surface area contributed by atoms with Gasteiger partial charge in [-0.25, -0.2) is 14.6 Å². The summed E-state index contributed by atoms with van der Waals surface area (Å²) >= 11 is 2.82. The predicted molar refractivity (Wildman–Crippen MR) is 256 cm³/mol. The van der Waals surface area contributed by atoms with Gasteiger partial charge in [-0.3, -0.25) is 14.5 Å². The highest BCUT2D eigenvalue weighted by atomic mass is 32.2. The van der Waals surface area contributed by atoms with Gasteiger partial charge in [0.2, 0.25) is 11.8 Å². The lowest BCUT2D eigenvalue weighted by Gasteiger charge is -2.48. The average Bonchev–Trinajstić information content (AvgIpc) is 3.90. The molecule has 0 spiro atoms. The number of nitrogens with one attached hydrogen (secondary N) is 1. The van der Waals surface area contributed by atoms with Gasteiger partial charge in [0.1, 0.15) is 29.6 Å². The molecule has 1 aromatic heterocycles. The van der Waals surface area contributed by atoms with E-state index in [0.717, 1.165) is 23.0 Å². The van der Waals surface area contributed by atoms with Crippen molar-refractivity contribution in [2.75, 3.05) is 13.2 Å². The van der Waals surface area contributed by atoms with E-state index in [9.17, 15) is 34.0 Å². The van der Waals surface area contributed by atoms with E-state index >= 15 is 0 Å². The quantitative estimate of drug-likeness (QED) is 0.0385. The van der Waals surface area contributed by atoms with Gasteiger partial charge in [0.05, 0.1) is 41.8 Å². The van der Waals surface area contributed by atoms with Gasteiger partial charge < -0.3 is 43.2 Å². The van der Waals surface area contributed by atoms with Crippen molar-refractivity contribution < 1.29 is 56.7 Å². The number of carboxylic acid groups (broad SMARTS) is 1. The number of β-lactam (4-membered cyclic amide) rings is 2. The van der Waals surface area contributed by atoms with Gasteiger partial charge in [-0.15, -0.1) is 11.3 Å². The van der Waals surface area contributed by atoms with Crippen LogP contribution in [-0.4, -0.2) is 101 Å². The number of thioether (sulfide) groups is 1. The Morgan fingerprint density at radius 2 is 1.52 bits per heavy atom. The van der Waals surface area contributed by atoms with Crippen LogP contribution in [0.3, 0.4) is 0 Å². The van der Waals surface area contributed by atoms with E-state index in [-0.39, 0.29) is 65.1 Å². The second-order valence-corrected chi connectivity index (χ2v) is 26.1. The molecule has 2 amide bonds. The molecular formula is C47H57N4O12PS2Si. The van der Waals surface area contributed by atoms with Crippen LogP contribution >= 0.6 is 30.9 Å². The Kier molecular flexibility index (Phi) is 15.1. The minimum Gasteiger partial charge on any atom is -0.477 e. The molecule has 2 aromatic carbocycles. The number of phosphoric ester groups is 1. The first-order chi connectivity index (χ1) is 31.7. The zero-order valence-corrected chi connectivity index (χ0v) is 42.1. The minimum atomic E-state index is -4.42. The molecule has 2 saturated heterocycles. The third-order valence-electron chi connectivity index (χ3n) is 12.0. The van der Waals surface area contributed by atoms with Crippen molar-refractivity contribution in [3.05, 3.63) is 113 Å². The molecule has 16 nitrogen and oxygen atoms in total. The zero-order valence-electron chi connectivity index (χ0n) is 38.6. The average molecular weight is 993 g/mol. The molecule has 0 saturated carbocycles. The van der Waals surface area contributed by atoms with Crippen molar-refractivity contribution in [2.24, 2.45) is 23.7 Å². The Labute approximate surface area is 399 Å². The summed E-state index contributed by atoms with van der Waals surface area (Å²) in [5, 5.41) is 25.0. The molecule has 3 N–H and O–H groups in total. The third kappa shape index (κ3) is 10.5. The Morgan fingerprint density at radius 1 is 0.940 bits per heavy atom. The monoisotopic (exact) mass is 992 g/mol. The first-order valence-corrected chi connectivity index (χ1v) is 28.7. The maximum atomic E-state index is 14.2. The smallest absolute Gasteiger partial charge is 0.477 e. The first-order valence-electron chi connectivity index (χ1n) is 22.1. The highest BCUT2D eigenvalue weighted by Gasteiger charge is 2.63. The number of thiazole rings is 1. The summed E-state index contributed by atoms with van der Waals surface area (Å²) < 4.78 is 44.0. The second kappa shape index (κ2) is 20.3. The first kappa shape index (κ1) is 49.9. The number of phosphoric acid groups is 1. The number of carbonyl (C=O) groups excluding carboxylic acids is 3. The van der Waals surface area contributed by atoms with Crippen molar-refractivity contribution in [1.29, 1.82) is 0 Å². The molecule has 0 unspecified atom stereocenters. The van der Waals surface area contributed by atoms with E-state index in [1.54, 1.807) is 74.5 Å². The van der Waals surface area contributed by atoms with E-state index in [1.807, 2.05) is 38.9 Å². The molecule has 2 fully saturated rings. The second-order valence-electron chi connectivity index (χ2n) is 18.0. The van der Waals surface area contributed by atoms with Gasteiger partial charge in [0, 0.05) is 34.7 Å². The van der Waals surface area contributed by atoms with Crippen molar-refractivity contribution in [3.8, 4) is 11.5 Å². The van der Waals surface area contributed by atoms with E-state index in [0.29, 0.717) is 10.9 Å². The SMILES string of the molecule is C=CCOC(=O)C1=C(OP(=O)(Oc2ccccc2)Oc2ccccc2)[C@H](C)[C@@H]2[C@@H]([C@@H](C)O[Si](C)(C)C)C(=O)N12.C[C@@H]1CC(c2csc(SC3=C(C(=O)O)N4C(=O)[C@H]([C@@H](C)O)[C@H]4[C@H]3C)n2)=CCN1. The lowest BCUT2D eigenvalue weighted by atomic mass is 9.79. The van der Waals surface area contributed by atoms with E-state index in [4.69, 9.17) is 27.7 Å². The number of hydrogen-bond donors (Lipinski definition) is 3. The zero-order chi connectivity index (χ0) is 48.5. The predicted octanol–water partition coefficient (Wildman–Crippen LogP) is 8.08. The highest BCUT2D eigenvalue weighted by molar-refractivity contribution is 8.04. The van der Waals surface area contributed by atoms with Crippen LogP contribution in [0.15, 0.2) is 111 Å². The normalized spacial score (nSPS) is 25.4. The standard InChI is InChI=1S/C28H34NO8PSi.C19H23N3O4S2/c1-7-18-33-28(31)25-26(19(2)24-23(27(30)29(24)25)20(3)37-39(4,5)6)36-38(32,34-21-14-10-8-11-15-21)35-22-16-12-9-13-17-22;1-8-6-11(4-5-20-8)12-7-27-19(21-12)28-16-9(2)14-13(10(3)23)17(24)22(14)15(16)18(25)26/h7-17,19-20,23-24H,1,18H2,2-6H3;4,7-10,13-14,20,23H,5-6H2,1-3H3,(H,25,26)/t19-,20-,23-,24-;8-,9-,10-,13-,14-/m11/s1. The van der Waals surface area contributed by atoms with Crippen LogP contribution in [0.4, 0.5) is 0 Å². The van der Waals surface area contributed by atoms with Crippen LogP contribution in [0.2, 0.25) is 19.6 Å². The summed E-state index contributed by atoms with van der Waals surface area (Å²) in [7, 11) is -6.38. The Balaban J connectivity index is 0.000000209. The molecule has 5 aliphatic rings. The number of ether oxygens (including phenoxy) is 1. The molecule has 5 aliphatic heterocycles. The number of hydrogen-bond acceptors (Lipinski definition) is 15. The largest absolute Gasteiger partial charge is 0.646 e. The summed E-state index contributed by atoms with van der Waals surface area (Å²) in [5.74, 6) is -3.76. The number of carboxylic acids is 1. The molecule has 8 rings (SSSR count). The minimum absolute atomic E-state index is 0.000288. The molecule has 0 bridgehead atoms. The number of benzene rings is 2. The third-order valence-corrected chi connectivity index (χ3v) is 16.5. The van der Waals surface area contributed by atoms with Crippen molar-refractivity contribution in [3.63, 3.8) is 0 Å². The van der Waals surface area contributed by atoms with Gasteiger partial charge in [-0.05, 0) is 76.7 Å². The van der Waals surface area contributed by atoms with Crippen LogP contribution < -0.4 is 14.4 Å². The summed E-state index contributed by atoms with van der Waals surface area (Å²) in [4.78, 5) is 59.0. The fourth-order valence-corrected chi connectivity index (χ4v) is 13.9. The lowest BCUT2D eigenvalue weighted by molar-refractivity contribution is -0.163. The fourth-order valence-electron chi connectivity index (χ4n) is 9.13. The molecule has 0 radical (unpaired) electrons. The Morgan fingerprint density at radius 3 is 2.07 bits per heavy atom. The number of aliphatic hydroxyl groups excluding tert-OH is 1. The molecule has 20 heteroatoms. The van der Waals surface area contributed by atoms with Crippen molar-refractivity contribution >= 4 is 68.6 Å². The molecule has 67 heavy (non-hydrogen) atoms. The fraction of sp³-hybridized carbons (Fsp3) is 0.426. The number of rotatable bonds is 17. The molecule has 0 aliphatic carbocycles. The van der Waals surface area contributed by atoms with Gasteiger partial charge >= 0.3 is 19.8 Å². The van der Waals surface area contributed by atoms with E-state index < -0.39 is 58.0 Å². The Hall–Kier alpha value is -5.01. The van der Waals surface area contributed by atoms with Crippen LogP contribution in [0, 0.1) is 23.7 Å². The van der Waals surface area contributed by atoms with E-state index in [1.165, 1.54) is 44.5 Å². The molecular weight excluding hydrogens is 936 g/mol. The number of amides is 2. The van der Waals surface area contributed by atoms with Crippen LogP contribution in [0.5, 0.6) is 11.5 Å². The van der Waals surface area contributed by atoms with Crippen LogP contribution in [0.1, 0.15) is 46.7 Å². The number of aliphatic hydroxyl groups is 1. The van der Waals surface area contributed by atoms with E-state index in [2.05, 4.69) is 24.9 Å². The molecule has 9 atom stereocenters. The molecule has 6 heterocycles. The summed E-state index contributed by atoms with van der Waals surface area (Å²) in [6, 6.07) is 16.5. The van der Waals surface area contributed by atoms with Gasteiger partial charge in [0.15, 0.2) is 18.4 Å². The maximum Gasteiger partial charge on any atom is 0.646 e. The summed E-state index contributed by atoms with van der Waals surface area (Å²) in [5.41, 5.74) is 2.06. The van der Waals surface area contributed by atoms with Gasteiger partial charge in [0.25, 0.3) is 0 Å². The molecule has 3 aromatic rings. The topological polar surface area (TPSA) is 203 Å². The van der Waals surface area contributed by atoms with Gasteiger partial charge in [-0.1, -0.05) is 80.7 Å². The lowest BCUT2D eigenvalue weighted by Crippen LogP contribution is -2.64. The maximum absolute atomic E-state index is 14.2.